The second kappa shape index (κ2) is 7.48. The van der Waals surface area contributed by atoms with Gasteiger partial charge in [0.1, 0.15) is 12.1 Å². The molecule has 132 valence electrons. The molecule has 2 aromatic rings. The molecule has 7 heteroatoms. The smallest absolute Gasteiger partial charge is 0.325 e. The van der Waals surface area contributed by atoms with Crippen LogP contribution in [0.5, 0.6) is 5.75 Å². The second-order valence-corrected chi connectivity index (χ2v) is 6.13. The van der Waals surface area contributed by atoms with Gasteiger partial charge < -0.3 is 20.1 Å². The first-order valence-corrected chi connectivity index (χ1v) is 8.22. The van der Waals surface area contributed by atoms with Gasteiger partial charge in [-0.25, -0.2) is 9.97 Å². The van der Waals surface area contributed by atoms with E-state index in [-0.39, 0.29) is 5.97 Å². The maximum atomic E-state index is 11.8. The standard InChI is InChI=1S/C18H22N4O3/c1-24-16(23)18(19)7-9-22(10-8-18)17-20-11-15(12-21-17)25-13-14-5-3-2-4-6-14/h2-6,11-12H,7-10,13,19H2,1H3. The molecular weight excluding hydrogens is 320 g/mol. The van der Waals surface area contributed by atoms with Crippen molar-refractivity contribution in [2.45, 2.75) is 25.0 Å². The number of methoxy groups -OCH3 is 1. The molecule has 1 aliphatic rings. The molecule has 1 saturated heterocycles. The Morgan fingerprint density at radius 3 is 2.44 bits per heavy atom. The van der Waals surface area contributed by atoms with Gasteiger partial charge in [0.25, 0.3) is 0 Å². The molecule has 25 heavy (non-hydrogen) atoms. The SMILES string of the molecule is COC(=O)C1(N)CCN(c2ncc(OCc3ccccc3)cn2)CC1. The highest BCUT2D eigenvalue weighted by Gasteiger charge is 2.39. The van der Waals surface area contributed by atoms with Crippen molar-refractivity contribution in [1.82, 2.24) is 9.97 Å². The first kappa shape index (κ1) is 17.2. The molecule has 0 unspecified atom stereocenters. The van der Waals surface area contributed by atoms with Crippen molar-refractivity contribution in [2.24, 2.45) is 5.73 Å². The summed E-state index contributed by atoms with van der Waals surface area (Å²) in [4.78, 5) is 22.5. The van der Waals surface area contributed by atoms with Gasteiger partial charge in [-0.2, -0.15) is 0 Å². The molecule has 1 aromatic heterocycles. The third-order valence-electron chi connectivity index (χ3n) is 4.39. The predicted molar refractivity (Wildman–Crippen MR) is 93.2 cm³/mol. The Morgan fingerprint density at radius 2 is 1.84 bits per heavy atom. The highest BCUT2D eigenvalue weighted by atomic mass is 16.5. The van der Waals surface area contributed by atoms with Crippen LogP contribution in [0.15, 0.2) is 42.7 Å². The summed E-state index contributed by atoms with van der Waals surface area (Å²) in [7, 11) is 1.36. The fourth-order valence-electron chi connectivity index (χ4n) is 2.80. The summed E-state index contributed by atoms with van der Waals surface area (Å²) in [5.41, 5.74) is 6.29. The normalized spacial score (nSPS) is 16.3. The first-order chi connectivity index (χ1) is 12.1. The monoisotopic (exact) mass is 342 g/mol. The van der Waals surface area contributed by atoms with Gasteiger partial charge in [-0.3, -0.25) is 4.79 Å². The number of carbonyl (C=O) groups is 1. The Labute approximate surface area is 146 Å². The van der Waals surface area contributed by atoms with E-state index in [1.165, 1.54) is 7.11 Å². The van der Waals surface area contributed by atoms with Gasteiger partial charge in [0.15, 0.2) is 5.75 Å². The van der Waals surface area contributed by atoms with Crippen LogP contribution in [0.1, 0.15) is 18.4 Å². The van der Waals surface area contributed by atoms with Gasteiger partial charge >= 0.3 is 5.97 Å². The summed E-state index contributed by atoms with van der Waals surface area (Å²) in [6, 6.07) is 9.92. The number of nitrogens with two attached hydrogens (primary N) is 1. The Morgan fingerprint density at radius 1 is 1.20 bits per heavy atom. The van der Waals surface area contributed by atoms with Crippen LogP contribution in [0.4, 0.5) is 5.95 Å². The summed E-state index contributed by atoms with van der Waals surface area (Å²) in [5.74, 6) is 0.865. The quantitative estimate of drug-likeness (QED) is 0.824. The molecule has 2 N–H and O–H groups in total. The molecule has 2 heterocycles. The summed E-state index contributed by atoms with van der Waals surface area (Å²) >= 11 is 0. The Kier molecular flexibility index (Phi) is 5.14. The van der Waals surface area contributed by atoms with Gasteiger partial charge in [0.05, 0.1) is 19.5 Å². The molecule has 0 bridgehead atoms. The number of rotatable bonds is 5. The fraction of sp³-hybridized carbons (Fsp3) is 0.389. The Hall–Kier alpha value is -2.67. The minimum Gasteiger partial charge on any atom is -0.486 e. The average Bonchev–Trinajstić information content (AvgIpc) is 2.67. The van der Waals surface area contributed by atoms with Crippen molar-refractivity contribution in [2.75, 3.05) is 25.1 Å². The van der Waals surface area contributed by atoms with E-state index >= 15 is 0 Å². The molecule has 0 spiro atoms. The number of esters is 1. The number of piperidine rings is 1. The van der Waals surface area contributed by atoms with E-state index in [1.807, 2.05) is 35.2 Å². The molecule has 7 nitrogen and oxygen atoms in total. The zero-order chi connectivity index (χ0) is 17.7. The molecule has 1 fully saturated rings. The van der Waals surface area contributed by atoms with Crippen LogP contribution < -0.4 is 15.4 Å². The molecule has 0 saturated carbocycles. The molecule has 0 amide bonds. The highest BCUT2D eigenvalue weighted by Crippen LogP contribution is 2.24. The van der Waals surface area contributed by atoms with E-state index in [2.05, 4.69) is 9.97 Å². The molecule has 1 aromatic carbocycles. The van der Waals surface area contributed by atoms with Gasteiger partial charge in [-0.1, -0.05) is 30.3 Å². The first-order valence-electron chi connectivity index (χ1n) is 8.22. The molecule has 1 aliphatic heterocycles. The molecular formula is C18H22N4O3. The molecule has 0 aliphatic carbocycles. The van der Waals surface area contributed by atoms with Crippen molar-refractivity contribution in [3.8, 4) is 5.75 Å². The van der Waals surface area contributed by atoms with Crippen molar-refractivity contribution in [3.63, 3.8) is 0 Å². The fourth-order valence-corrected chi connectivity index (χ4v) is 2.80. The third-order valence-corrected chi connectivity index (χ3v) is 4.39. The lowest BCUT2D eigenvalue weighted by Gasteiger charge is -2.36. The number of nitrogens with zero attached hydrogens (tertiary/aromatic N) is 3. The number of carbonyl (C=O) groups excluding carboxylic acids is 1. The lowest BCUT2D eigenvalue weighted by Crippen LogP contribution is -2.56. The van der Waals surface area contributed by atoms with Crippen LogP contribution in [-0.4, -0.2) is 41.7 Å². The van der Waals surface area contributed by atoms with Crippen LogP contribution in [0.3, 0.4) is 0 Å². The third kappa shape index (κ3) is 4.06. The maximum absolute atomic E-state index is 11.8. The van der Waals surface area contributed by atoms with E-state index in [0.29, 0.717) is 44.2 Å². The zero-order valence-corrected chi connectivity index (χ0v) is 14.2. The van der Waals surface area contributed by atoms with Crippen LogP contribution in [-0.2, 0) is 16.1 Å². The molecule has 0 atom stereocenters. The minimum atomic E-state index is -0.913. The van der Waals surface area contributed by atoms with E-state index in [9.17, 15) is 4.79 Å². The van der Waals surface area contributed by atoms with Crippen molar-refractivity contribution in [3.05, 3.63) is 48.3 Å². The average molecular weight is 342 g/mol. The van der Waals surface area contributed by atoms with Crippen molar-refractivity contribution < 1.29 is 14.3 Å². The van der Waals surface area contributed by atoms with Gasteiger partial charge in [-0.05, 0) is 18.4 Å². The lowest BCUT2D eigenvalue weighted by molar-refractivity contribution is -0.147. The summed E-state index contributed by atoms with van der Waals surface area (Å²) in [5, 5.41) is 0. The number of anilines is 1. The van der Waals surface area contributed by atoms with Crippen molar-refractivity contribution in [1.29, 1.82) is 0 Å². The summed E-state index contributed by atoms with van der Waals surface area (Å²) in [6.45, 7) is 1.69. The van der Waals surface area contributed by atoms with E-state index in [1.54, 1.807) is 12.4 Å². The zero-order valence-electron chi connectivity index (χ0n) is 14.2. The number of ether oxygens (including phenoxy) is 2. The molecule has 3 rings (SSSR count). The van der Waals surface area contributed by atoms with E-state index < -0.39 is 5.54 Å². The highest BCUT2D eigenvalue weighted by molar-refractivity contribution is 5.80. The van der Waals surface area contributed by atoms with Crippen LogP contribution in [0, 0.1) is 0 Å². The Balaban J connectivity index is 1.55. The molecule has 0 radical (unpaired) electrons. The second-order valence-electron chi connectivity index (χ2n) is 6.13. The van der Waals surface area contributed by atoms with Gasteiger partial charge in [0, 0.05) is 13.1 Å². The Bertz CT molecular complexity index is 698. The van der Waals surface area contributed by atoms with E-state index in [4.69, 9.17) is 15.2 Å². The lowest BCUT2D eigenvalue weighted by atomic mass is 9.89. The number of aromatic nitrogens is 2. The van der Waals surface area contributed by atoms with Gasteiger partial charge in [-0.15, -0.1) is 0 Å². The van der Waals surface area contributed by atoms with Crippen molar-refractivity contribution >= 4 is 11.9 Å². The number of hydrogen-bond donors (Lipinski definition) is 1. The van der Waals surface area contributed by atoms with Gasteiger partial charge in [0.2, 0.25) is 5.95 Å². The van der Waals surface area contributed by atoms with Crippen LogP contribution in [0.2, 0.25) is 0 Å². The van der Waals surface area contributed by atoms with E-state index in [0.717, 1.165) is 5.56 Å². The maximum Gasteiger partial charge on any atom is 0.325 e. The topological polar surface area (TPSA) is 90.6 Å². The predicted octanol–water partition coefficient (Wildman–Crippen LogP) is 1.53. The largest absolute Gasteiger partial charge is 0.486 e. The number of benzene rings is 1. The minimum absolute atomic E-state index is 0.363. The van der Waals surface area contributed by atoms with Crippen LogP contribution >= 0.6 is 0 Å². The van der Waals surface area contributed by atoms with Crippen LogP contribution in [0.25, 0.3) is 0 Å². The summed E-state index contributed by atoms with van der Waals surface area (Å²) < 4.78 is 10.5. The summed E-state index contributed by atoms with van der Waals surface area (Å²) in [6.07, 6.45) is 4.34. The number of hydrogen-bond acceptors (Lipinski definition) is 7.